The molecule has 33 heavy (non-hydrogen) atoms. The monoisotopic (exact) mass is 481 g/mol. The van der Waals surface area contributed by atoms with Gasteiger partial charge >= 0.3 is 6.18 Å². The van der Waals surface area contributed by atoms with Crippen molar-refractivity contribution in [2.24, 2.45) is 0 Å². The van der Waals surface area contributed by atoms with Gasteiger partial charge < -0.3 is 15.2 Å². The van der Waals surface area contributed by atoms with E-state index in [0.717, 1.165) is 23.9 Å². The molecule has 0 aliphatic carbocycles. The van der Waals surface area contributed by atoms with E-state index in [4.69, 9.17) is 0 Å². The van der Waals surface area contributed by atoms with E-state index in [9.17, 15) is 27.2 Å². The zero-order valence-electron chi connectivity index (χ0n) is 17.3. The topological polar surface area (TPSA) is 88.9 Å². The SMILES string of the molecule is CCn1c(CC(=O)Nc2cccc(C(F)(F)F)c2)nnc1SCC(=O)Nc1ccc(F)cc1. The maximum Gasteiger partial charge on any atom is 0.416 e. The third kappa shape index (κ3) is 6.78. The number of halogens is 4. The van der Waals surface area contributed by atoms with E-state index < -0.39 is 23.5 Å². The second-order valence-corrected chi connectivity index (χ2v) is 7.73. The van der Waals surface area contributed by atoms with Gasteiger partial charge in [0.15, 0.2) is 5.16 Å². The molecule has 0 fully saturated rings. The molecule has 1 aromatic heterocycles. The van der Waals surface area contributed by atoms with Gasteiger partial charge in [-0.2, -0.15) is 13.2 Å². The molecule has 3 aromatic rings. The standard InChI is InChI=1S/C21H19F4N5O2S/c1-2-30-17(11-18(31)27-16-5-3-4-13(10-16)21(23,24)25)28-29-20(30)33-12-19(32)26-15-8-6-14(22)7-9-15/h3-10H,2,11-12H2,1H3,(H,26,32)(H,27,31). The van der Waals surface area contributed by atoms with Gasteiger partial charge in [0, 0.05) is 17.9 Å². The van der Waals surface area contributed by atoms with Crippen LogP contribution >= 0.6 is 11.8 Å². The van der Waals surface area contributed by atoms with Gasteiger partial charge in [-0.3, -0.25) is 9.59 Å². The number of thioether (sulfide) groups is 1. The molecule has 0 saturated carbocycles. The van der Waals surface area contributed by atoms with Gasteiger partial charge in [-0.15, -0.1) is 10.2 Å². The zero-order chi connectivity index (χ0) is 24.0. The van der Waals surface area contributed by atoms with Crippen LogP contribution < -0.4 is 10.6 Å². The summed E-state index contributed by atoms with van der Waals surface area (Å²) in [6, 6.07) is 9.67. The molecule has 2 N–H and O–H groups in total. The first kappa shape index (κ1) is 24.2. The summed E-state index contributed by atoms with van der Waals surface area (Å²) in [5, 5.41) is 13.4. The fourth-order valence-corrected chi connectivity index (χ4v) is 3.68. The summed E-state index contributed by atoms with van der Waals surface area (Å²) in [6.45, 7) is 2.22. The third-order valence-electron chi connectivity index (χ3n) is 4.36. The highest BCUT2D eigenvalue weighted by Gasteiger charge is 2.30. The summed E-state index contributed by atoms with van der Waals surface area (Å²) in [7, 11) is 0. The van der Waals surface area contributed by atoms with E-state index in [1.165, 1.54) is 36.4 Å². The molecule has 0 aliphatic rings. The number of hydrogen-bond acceptors (Lipinski definition) is 5. The number of benzene rings is 2. The molecule has 0 unspecified atom stereocenters. The quantitative estimate of drug-likeness (QED) is 0.369. The number of amides is 2. The molecule has 0 radical (unpaired) electrons. The smallest absolute Gasteiger partial charge is 0.326 e. The summed E-state index contributed by atoms with van der Waals surface area (Å²) in [4.78, 5) is 24.5. The number of hydrogen-bond donors (Lipinski definition) is 2. The maximum absolute atomic E-state index is 12.9. The van der Waals surface area contributed by atoms with Crippen molar-refractivity contribution in [3.8, 4) is 0 Å². The fraction of sp³-hybridized carbons (Fsp3) is 0.238. The van der Waals surface area contributed by atoms with Gasteiger partial charge in [-0.1, -0.05) is 17.8 Å². The van der Waals surface area contributed by atoms with E-state index >= 15 is 0 Å². The van der Waals surface area contributed by atoms with Crippen molar-refractivity contribution in [3.63, 3.8) is 0 Å². The highest BCUT2D eigenvalue weighted by Crippen LogP contribution is 2.30. The van der Waals surface area contributed by atoms with Crippen LogP contribution in [-0.4, -0.2) is 32.3 Å². The lowest BCUT2D eigenvalue weighted by Crippen LogP contribution is -2.18. The van der Waals surface area contributed by atoms with Gasteiger partial charge in [-0.05, 0) is 49.4 Å². The second-order valence-electron chi connectivity index (χ2n) is 6.79. The van der Waals surface area contributed by atoms with Crippen LogP contribution in [0.4, 0.5) is 28.9 Å². The average molecular weight is 481 g/mol. The van der Waals surface area contributed by atoms with Crippen LogP contribution in [0.5, 0.6) is 0 Å². The lowest BCUT2D eigenvalue weighted by molar-refractivity contribution is -0.137. The number of alkyl halides is 3. The van der Waals surface area contributed by atoms with Crippen molar-refractivity contribution in [1.82, 2.24) is 14.8 Å². The Morgan fingerprint density at radius 2 is 1.70 bits per heavy atom. The van der Waals surface area contributed by atoms with E-state index in [-0.39, 0.29) is 23.8 Å². The highest BCUT2D eigenvalue weighted by molar-refractivity contribution is 7.99. The lowest BCUT2D eigenvalue weighted by atomic mass is 10.2. The Bertz CT molecular complexity index is 1130. The zero-order valence-corrected chi connectivity index (χ0v) is 18.1. The summed E-state index contributed by atoms with van der Waals surface area (Å²) in [6.07, 6.45) is -4.72. The van der Waals surface area contributed by atoms with E-state index in [1.807, 2.05) is 0 Å². The van der Waals surface area contributed by atoms with Gasteiger partial charge in [0.05, 0.1) is 17.7 Å². The number of aromatic nitrogens is 3. The molecule has 2 amide bonds. The molecule has 7 nitrogen and oxygen atoms in total. The minimum absolute atomic E-state index is 0.00589. The Hall–Kier alpha value is -3.41. The largest absolute Gasteiger partial charge is 0.416 e. The van der Waals surface area contributed by atoms with Crippen molar-refractivity contribution in [3.05, 3.63) is 65.7 Å². The van der Waals surface area contributed by atoms with Gasteiger partial charge in [0.1, 0.15) is 11.6 Å². The molecule has 174 valence electrons. The summed E-state index contributed by atoms with van der Waals surface area (Å²) in [5.41, 5.74) is -0.398. The number of anilines is 2. The van der Waals surface area contributed by atoms with Gasteiger partial charge in [0.2, 0.25) is 11.8 Å². The van der Waals surface area contributed by atoms with Crippen LogP contribution in [0.2, 0.25) is 0 Å². The predicted octanol–water partition coefficient (Wildman–Crippen LogP) is 4.37. The minimum atomic E-state index is -4.52. The normalized spacial score (nSPS) is 11.3. The third-order valence-corrected chi connectivity index (χ3v) is 5.33. The number of carbonyl (C=O) groups is 2. The summed E-state index contributed by atoms with van der Waals surface area (Å²) < 4.78 is 53.1. The van der Waals surface area contributed by atoms with Crippen molar-refractivity contribution in [1.29, 1.82) is 0 Å². The molecule has 0 saturated heterocycles. The van der Waals surface area contributed by atoms with E-state index in [1.54, 1.807) is 11.5 Å². The van der Waals surface area contributed by atoms with Crippen LogP contribution in [0.1, 0.15) is 18.3 Å². The van der Waals surface area contributed by atoms with Gasteiger partial charge in [0.25, 0.3) is 0 Å². The fourth-order valence-electron chi connectivity index (χ4n) is 2.86. The summed E-state index contributed by atoms with van der Waals surface area (Å²) in [5.74, 6) is -0.985. The first-order valence-corrected chi connectivity index (χ1v) is 10.7. The van der Waals surface area contributed by atoms with Crippen LogP contribution in [0, 0.1) is 5.82 Å². The van der Waals surface area contributed by atoms with Crippen molar-refractivity contribution in [2.75, 3.05) is 16.4 Å². The molecule has 1 heterocycles. The number of rotatable bonds is 8. The molecule has 2 aromatic carbocycles. The van der Waals surface area contributed by atoms with Crippen LogP contribution in [0.3, 0.4) is 0 Å². The molecule has 3 rings (SSSR count). The Morgan fingerprint density at radius 3 is 2.36 bits per heavy atom. The minimum Gasteiger partial charge on any atom is -0.326 e. The van der Waals surface area contributed by atoms with Crippen LogP contribution in [0.25, 0.3) is 0 Å². The Kier molecular flexibility index (Phi) is 7.69. The van der Waals surface area contributed by atoms with Crippen molar-refractivity contribution >= 4 is 35.0 Å². The molecule has 0 spiro atoms. The first-order valence-electron chi connectivity index (χ1n) is 9.73. The molecule has 0 bridgehead atoms. The van der Waals surface area contributed by atoms with Gasteiger partial charge in [-0.25, -0.2) is 4.39 Å². The van der Waals surface area contributed by atoms with Crippen molar-refractivity contribution in [2.45, 2.75) is 31.2 Å². The number of nitrogens with zero attached hydrogens (tertiary/aromatic N) is 3. The second kappa shape index (κ2) is 10.5. The Labute approximate surface area is 190 Å². The van der Waals surface area contributed by atoms with E-state index in [0.29, 0.717) is 23.2 Å². The molecule has 0 aliphatic heterocycles. The lowest BCUT2D eigenvalue weighted by Gasteiger charge is -2.10. The highest BCUT2D eigenvalue weighted by atomic mass is 32.2. The Morgan fingerprint density at radius 1 is 1.00 bits per heavy atom. The molecule has 12 heteroatoms. The Balaban J connectivity index is 1.59. The van der Waals surface area contributed by atoms with E-state index in [2.05, 4.69) is 20.8 Å². The molecular weight excluding hydrogens is 462 g/mol. The molecular formula is C21H19F4N5O2S. The first-order chi connectivity index (χ1) is 15.7. The average Bonchev–Trinajstić information content (AvgIpc) is 3.14. The number of nitrogens with one attached hydrogen (secondary N) is 2. The predicted molar refractivity (Wildman–Crippen MR) is 115 cm³/mol. The summed E-state index contributed by atoms with van der Waals surface area (Å²) >= 11 is 1.11. The molecule has 0 atom stereocenters. The van der Waals surface area contributed by atoms with Crippen LogP contribution in [0.15, 0.2) is 53.7 Å². The van der Waals surface area contributed by atoms with Crippen molar-refractivity contribution < 1.29 is 27.2 Å². The number of carbonyl (C=O) groups excluding carboxylic acids is 2. The van der Waals surface area contributed by atoms with Crippen LogP contribution in [-0.2, 0) is 28.7 Å². The maximum atomic E-state index is 12.9.